The number of carbonyl (C=O) groups excluding carboxylic acids is 1. The van der Waals surface area contributed by atoms with Crippen LogP contribution in [0, 0.1) is 5.92 Å². The topological polar surface area (TPSA) is 80.0 Å². The number of aromatic nitrogens is 1. The zero-order valence-corrected chi connectivity index (χ0v) is 11.0. The summed E-state index contributed by atoms with van der Waals surface area (Å²) in [6.07, 6.45) is 4.86. The van der Waals surface area contributed by atoms with Gasteiger partial charge in [-0.25, -0.2) is 10.8 Å². The van der Waals surface area contributed by atoms with Crippen LogP contribution >= 0.6 is 11.6 Å². The fourth-order valence-electron chi connectivity index (χ4n) is 2.03. The molecule has 1 heterocycles. The Kier molecular flexibility index (Phi) is 4.04. The van der Waals surface area contributed by atoms with Crippen LogP contribution in [-0.2, 0) is 0 Å². The Balaban J connectivity index is 1.95. The van der Waals surface area contributed by atoms with E-state index in [1.54, 1.807) is 6.07 Å². The van der Waals surface area contributed by atoms with E-state index in [4.69, 9.17) is 17.4 Å². The molecule has 0 aromatic carbocycles. The first-order valence-corrected chi connectivity index (χ1v) is 6.46. The maximum Gasteiger partial charge on any atom is 0.253 e. The molecule has 1 fully saturated rings. The van der Waals surface area contributed by atoms with Gasteiger partial charge in [-0.2, -0.15) is 0 Å². The summed E-state index contributed by atoms with van der Waals surface area (Å²) in [5, 5.41) is 3.32. The van der Waals surface area contributed by atoms with Crippen LogP contribution in [0.5, 0.6) is 0 Å². The predicted molar refractivity (Wildman–Crippen MR) is 71.3 cm³/mol. The first-order valence-electron chi connectivity index (χ1n) is 6.08. The van der Waals surface area contributed by atoms with Crippen molar-refractivity contribution >= 4 is 23.3 Å². The number of rotatable bonds is 5. The first-order chi connectivity index (χ1) is 8.65. The normalized spacial score (nSPS) is 21.5. The molecule has 0 spiro atoms. The maximum absolute atomic E-state index is 11.9. The fourth-order valence-corrected chi connectivity index (χ4v) is 2.26. The van der Waals surface area contributed by atoms with Gasteiger partial charge < -0.3 is 10.7 Å². The Hall–Kier alpha value is -1.33. The van der Waals surface area contributed by atoms with E-state index < -0.39 is 0 Å². The number of pyridine rings is 1. The number of hydrogen-bond acceptors (Lipinski definition) is 4. The van der Waals surface area contributed by atoms with E-state index in [2.05, 4.69) is 22.7 Å². The molecular formula is C12H17ClN4O. The van der Waals surface area contributed by atoms with E-state index in [1.165, 1.54) is 12.6 Å². The van der Waals surface area contributed by atoms with Gasteiger partial charge >= 0.3 is 0 Å². The van der Waals surface area contributed by atoms with E-state index in [0.717, 1.165) is 12.8 Å². The second kappa shape index (κ2) is 5.54. The van der Waals surface area contributed by atoms with Gasteiger partial charge in [0, 0.05) is 12.2 Å². The summed E-state index contributed by atoms with van der Waals surface area (Å²) in [6.45, 7) is 2.15. The number of amides is 1. The van der Waals surface area contributed by atoms with Crippen LogP contribution in [0.15, 0.2) is 12.3 Å². The molecule has 1 aliphatic carbocycles. The van der Waals surface area contributed by atoms with Crippen molar-refractivity contribution in [2.45, 2.75) is 32.2 Å². The molecule has 0 bridgehead atoms. The van der Waals surface area contributed by atoms with Crippen LogP contribution in [0.3, 0.4) is 0 Å². The average Bonchev–Trinajstić information content (AvgIpc) is 3.07. The third kappa shape index (κ3) is 2.91. The largest absolute Gasteiger partial charge is 0.349 e. The standard InChI is InChI=1S/C12H17ClN4O/c1-2-3-7-5-10(7)16-12(18)8-4-9(13)11(17-14)15-6-8/h4,6-7,10H,2-3,5,14H2,1H3,(H,15,17)(H,16,18). The second-order valence-corrected chi connectivity index (χ2v) is 4.97. The van der Waals surface area contributed by atoms with Gasteiger partial charge in [0.25, 0.3) is 5.91 Å². The van der Waals surface area contributed by atoms with Crippen molar-refractivity contribution in [2.75, 3.05) is 5.43 Å². The molecule has 0 aliphatic heterocycles. The number of nitrogen functional groups attached to an aromatic ring is 1. The van der Waals surface area contributed by atoms with Crippen LogP contribution in [0.4, 0.5) is 5.82 Å². The highest BCUT2D eigenvalue weighted by molar-refractivity contribution is 6.33. The molecule has 1 saturated carbocycles. The lowest BCUT2D eigenvalue weighted by Gasteiger charge is -2.06. The van der Waals surface area contributed by atoms with E-state index in [-0.39, 0.29) is 5.91 Å². The van der Waals surface area contributed by atoms with Gasteiger partial charge in [-0.05, 0) is 24.8 Å². The third-order valence-electron chi connectivity index (χ3n) is 3.14. The molecule has 1 aromatic rings. The predicted octanol–water partition coefficient (Wildman–Crippen LogP) is 1.94. The van der Waals surface area contributed by atoms with Crippen molar-refractivity contribution in [3.05, 3.63) is 22.8 Å². The number of nitrogens with two attached hydrogens (primary N) is 1. The molecule has 6 heteroatoms. The monoisotopic (exact) mass is 268 g/mol. The van der Waals surface area contributed by atoms with Gasteiger partial charge in [0.1, 0.15) is 0 Å². The molecular weight excluding hydrogens is 252 g/mol. The highest BCUT2D eigenvalue weighted by Crippen LogP contribution is 2.34. The van der Waals surface area contributed by atoms with E-state index in [0.29, 0.717) is 28.4 Å². The van der Waals surface area contributed by atoms with Gasteiger partial charge in [0.05, 0.1) is 10.6 Å². The molecule has 2 atom stereocenters. The molecule has 1 amide bonds. The number of hydrazine groups is 1. The minimum absolute atomic E-state index is 0.128. The number of anilines is 1. The highest BCUT2D eigenvalue weighted by atomic mass is 35.5. The molecule has 0 saturated heterocycles. The molecule has 18 heavy (non-hydrogen) atoms. The number of hydrogen-bond donors (Lipinski definition) is 3. The van der Waals surface area contributed by atoms with Gasteiger partial charge in [-0.15, -0.1) is 0 Å². The number of halogens is 1. The average molecular weight is 269 g/mol. The summed E-state index contributed by atoms with van der Waals surface area (Å²) in [5.41, 5.74) is 2.82. The summed E-state index contributed by atoms with van der Waals surface area (Å²) in [6, 6.07) is 1.87. The molecule has 1 aromatic heterocycles. The minimum atomic E-state index is -0.128. The van der Waals surface area contributed by atoms with Crippen molar-refractivity contribution in [3.63, 3.8) is 0 Å². The lowest BCUT2D eigenvalue weighted by atomic mass is 10.2. The molecule has 0 radical (unpaired) electrons. The summed E-state index contributed by atoms with van der Waals surface area (Å²) < 4.78 is 0. The van der Waals surface area contributed by atoms with Crippen LogP contribution in [0.25, 0.3) is 0 Å². The quantitative estimate of drug-likeness (QED) is 0.563. The van der Waals surface area contributed by atoms with Gasteiger partial charge in [-0.1, -0.05) is 24.9 Å². The number of nitrogens with zero attached hydrogens (tertiary/aromatic N) is 1. The Morgan fingerprint density at radius 2 is 2.44 bits per heavy atom. The van der Waals surface area contributed by atoms with E-state index in [1.807, 2.05) is 0 Å². The lowest BCUT2D eigenvalue weighted by Crippen LogP contribution is -2.27. The van der Waals surface area contributed by atoms with Crippen molar-refractivity contribution in [2.24, 2.45) is 11.8 Å². The van der Waals surface area contributed by atoms with Crippen LogP contribution < -0.4 is 16.6 Å². The Bertz CT molecular complexity index is 452. The van der Waals surface area contributed by atoms with Gasteiger partial charge in [0.2, 0.25) is 0 Å². The van der Waals surface area contributed by atoms with Crippen molar-refractivity contribution in [3.8, 4) is 0 Å². The second-order valence-electron chi connectivity index (χ2n) is 4.56. The molecule has 4 N–H and O–H groups in total. The molecule has 1 aliphatic rings. The van der Waals surface area contributed by atoms with Gasteiger partial charge in [-0.3, -0.25) is 4.79 Å². The van der Waals surface area contributed by atoms with Crippen LogP contribution in [0.1, 0.15) is 36.5 Å². The van der Waals surface area contributed by atoms with Gasteiger partial charge in [0.15, 0.2) is 5.82 Å². The van der Waals surface area contributed by atoms with Crippen LogP contribution in [-0.4, -0.2) is 16.9 Å². The number of nitrogens with one attached hydrogen (secondary N) is 2. The maximum atomic E-state index is 11.9. The Labute approximate surface area is 111 Å². The SMILES string of the molecule is CCCC1CC1NC(=O)c1cnc(NN)c(Cl)c1. The molecule has 2 rings (SSSR count). The minimum Gasteiger partial charge on any atom is -0.349 e. The highest BCUT2D eigenvalue weighted by Gasteiger charge is 2.37. The molecule has 2 unspecified atom stereocenters. The van der Waals surface area contributed by atoms with E-state index in [9.17, 15) is 4.79 Å². The summed E-state index contributed by atoms with van der Waals surface area (Å²) in [5.74, 6) is 6.09. The van der Waals surface area contributed by atoms with Crippen molar-refractivity contribution in [1.29, 1.82) is 0 Å². The molecule has 5 nitrogen and oxygen atoms in total. The first kappa shape index (κ1) is 13.1. The van der Waals surface area contributed by atoms with Crippen molar-refractivity contribution in [1.82, 2.24) is 10.3 Å². The smallest absolute Gasteiger partial charge is 0.253 e. The van der Waals surface area contributed by atoms with E-state index >= 15 is 0 Å². The summed E-state index contributed by atoms with van der Waals surface area (Å²) in [7, 11) is 0. The molecule has 98 valence electrons. The zero-order chi connectivity index (χ0) is 13.1. The zero-order valence-electron chi connectivity index (χ0n) is 10.2. The Morgan fingerprint density at radius 3 is 3.06 bits per heavy atom. The number of carbonyl (C=O) groups is 1. The fraction of sp³-hybridized carbons (Fsp3) is 0.500. The summed E-state index contributed by atoms with van der Waals surface area (Å²) >= 11 is 5.92. The van der Waals surface area contributed by atoms with Crippen LogP contribution in [0.2, 0.25) is 5.02 Å². The Morgan fingerprint density at radius 1 is 1.67 bits per heavy atom. The summed E-state index contributed by atoms with van der Waals surface area (Å²) in [4.78, 5) is 15.9. The van der Waals surface area contributed by atoms with Crippen molar-refractivity contribution < 1.29 is 4.79 Å². The lowest BCUT2D eigenvalue weighted by molar-refractivity contribution is 0.0948. The third-order valence-corrected chi connectivity index (χ3v) is 3.43.